The lowest BCUT2D eigenvalue weighted by atomic mass is 10.1. The van der Waals surface area contributed by atoms with Gasteiger partial charge in [0.25, 0.3) is 0 Å². The first-order valence-corrected chi connectivity index (χ1v) is 7.81. The molecule has 1 saturated carbocycles. The van der Waals surface area contributed by atoms with Gasteiger partial charge in [0.05, 0.1) is 6.54 Å². The van der Waals surface area contributed by atoms with Crippen LogP contribution in [0.25, 0.3) is 0 Å². The Bertz CT molecular complexity index is 524. The molecule has 0 aliphatic heterocycles. The molecular weight excluding hydrogens is 263 g/mol. The van der Waals surface area contributed by atoms with E-state index in [-0.39, 0.29) is 5.82 Å². The van der Waals surface area contributed by atoms with Crippen molar-refractivity contribution in [2.45, 2.75) is 45.7 Å². The molecule has 1 aliphatic rings. The quantitative estimate of drug-likeness (QED) is 0.815. The van der Waals surface area contributed by atoms with E-state index in [1.54, 1.807) is 0 Å². The number of nitrogens with zero attached hydrogens (tertiary/aromatic N) is 1. The summed E-state index contributed by atoms with van der Waals surface area (Å²) in [6.45, 7) is 6.52. The Morgan fingerprint density at radius 2 is 2.14 bits per heavy atom. The molecule has 0 saturated heterocycles. The van der Waals surface area contributed by atoms with Gasteiger partial charge in [-0.1, -0.05) is 31.8 Å². The molecule has 114 valence electrons. The van der Waals surface area contributed by atoms with Gasteiger partial charge in [-0.05, 0) is 43.9 Å². The molecule has 21 heavy (non-hydrogen) atoms. The van der Waals surface area contributed by atoms with E-state index in [1.807, 2.05) is 12.1 Å². The Labute approximate surface area is 127 Å². The largest absolute Gasteiger partial charge is 0.320 e. The summed E-state index contributed by atoms with van der Waals surface area (Å²) in [4.78, 5) is 2.42. The van der Waals surface area contributed by atoms with Gasteiger partial charge in [0, 0.05) is 23.7 Å². The second kappa shape index (κ2) is 7.59. The molecule has 0 heterocycles. The van der Waals surface area contributed by atoms with Crippen molar-refractivity contribution in [3.63, 3.8) is 0 Å². The van der Waals surface area contributed by atoms with Crippen molar-refractivity contribution in [3.05, 3.63) is 35.1 Å². The molecule has 1 fully saturated rings. The van der Waals surface area contributed by atoms with Gasteiger partial charge < -0.3 is 5.73 Å². The summed E-state index contributed by atoms with van der Waals surface area (Å²) in [5, 5.41) is 0. The number of hydrogen-bond donors (Lipinski definition) is 1. The van der Waals surface area contributed by atoms with Crippen LogP contribution in [0.4, 0.5) is 4.39 Å². The predicted molar refractivity (Wildman–Crippen MR) is 85.2 cm³/mol. The first-order valence-electron chi connectivity index (χ1n) is 7.81. The number of benzene rings is 1. The predicted octanol–water partition coefficient (Wildman–Crippen LogP) is 3.15. The highest BCUT2D eigenvalue weighted by Crippen LogP contribution is 2.29. The van der Waals surface area contributed by atoms with Crippen LogP contribution in [0.15, 0.2) is 18.2 Å². The summed E-state index contributed by atoms with van der Waals surface area (Å²) >= 11 is 0. The first kappa shape index (κ1) is 16.0. The molecule has 2 rings (SSSR count). The highest BCUT2D eigenvalue weighted by atomic mass is 19.1. The summed E-state index contributed by atoms with van der Waals surface area (Å²) in [5.41, 5.74) is 6.80. The third-order valence-electron chi connectivity index (χ3n) is 3.82. The van der Waals surface area contributed by atoms with Gasteiger partial charge in [0.1, 0.15) is 5.82 Å². The van der Waals surface area contributed by atoms with E-state index in [1.165, 1.54) is 18.9 Å². The van der Waals surface area contributed by atoms with Crippen LogP contribution in [0.2, 0.25) is 0 Å². The molecule has 0 atom stereocenters. The van der Waals surface area contributed by atoms with Gasteiger partial charge >= 0.3 is 0 Å². The maximum Gasteiger partial charge on any atom is 0.128 e. The van der Waals surface area contributed by atoms with Crippen LogP contribution in [0, 0.1) is 23.6 Å². The van der Waals surface area contributed by atoms with Crippen molar-refractivity contribution < 1.29 is 4.39 Å². The van der Waals surface area contributed by atoms with Gasteiger partial charge in [-0.25, -0.2) is 4.39 Å². The molecule has 2 nitrogen and oxygen atoms in total. The van der Waals surface area contributed by atoms with Crippen LogP contribution in [0.3, 0.4) is 0 Å². The van der Waals surface area contributed by atoms with Crippen molar-refractivity contribution >= 4 is 0 Å². The Morgan fingerprint density at radius 3 is 2.71 bits per heavy atom. The van der Waals surface area contributed by atoms with Crippen LogP contribution < -0.4 is 5.73 Å². The highest BCUT2D eigenvalue weighted by Gasteiger charge is 2.29. The zero-order chi connectivity index (χ0) is 15.2. The van der Waals surface area contributed by atoms with E-state index in [4.69, 9.17) is 5.73 Å². The number of halogens is 1. The van der Waals surface area contributed by atoms with Crippen molar-refractivity contribution in [3.8, 4) is 11.8 Å². The summed E-state index contributed by atoms with van der Waals surface area (Å²) in [6.07, 6.45) is 3.66. The first-order chi connectivity index (χ1) is 10.1. The molecule has 2 N–H and O–H groups in total. The van der Waals surface area contributed by atoms with E-state index in [0.29, 0.717) is 30.6 Å². The van der Waals surface area contributed by atoms with E-state index < -0.39 is 0 Å². The lowest BCUT2D eigenvalue weighted by Crippen LogP contribution is -2.28. The molecule has 1 aliphatic carbocycles. The van der Waals surface area contributed by atoms with Crippen LogP contribution in [-0.4, -0.2) is 24.0 Å². The molecule has 0 aromatic heterocycles. The molecule has 0 radical (unpaired) electrons. The van der Waals surface area contributed by atoms with E-state index in [0.717, 1.165) is 18.5 Å². The van der Waals surface area contributed by atoms with Crippen LogP contribution in [0.1, 0.15) is 44.2 Å². The molecule has 1 aromatic carbocycles. The summed E-state index contributed by atoms with van der Waals surface area (Å²) < 4.78 is 14.2. The highest BCUT2D eigenvalue weighted by molar-refractivity contribution is 5.37. The van der Waals surface area contributed by atoms with Gasteiger partial charge in [0.15, 0.2) is 0 Å². The minimum absolute atomic E-state index is 0.158. The van der Waals surface area contributed by atoms with Gasteiger partial charge in [-0.2, -0.15) is 0 Å². The third kappa shape index (κ3) is 5.15. The maximum atomic E-state index is 14.2. The normalized spacial score (nSPS) is 14.4. The van der Waals surface area contributed by atoms with E-state index in [9.17, 15) is 4.39 Å². The van der Waals surface area contributed by atoms with Crippen molar-refractivity contribution in [2.24, 2.45) is 11.7 Å². The average Bonchev–Trinajstić information content (AvgIpc) is 3.27. The SMILES string of the molecule is CC(C)CCN(Cc1ccc(C#CCN)cc1F)C1CC1. The van der Waals surface area contributed by atoms with Crippen LogP contribution in [0.5, 0.6) is 0 Å². The number of rotatable bonds is 6. The molecular formula is C18H25FN2. The Morgan fingerprint density at radius 1 is 1.38 bits per heavy atom. The van der Waals surface area contributed by atoms with Crippen molar-refractivity contribution in [1.29, 1.82) is 0 Å². The molecule has 0 unspecified atom stereocenters. The fourth-order valence-electron chi connectivity index (χ4n) is 2.38. The summed E-state index contributed by atoms with van der Waals surface area (Å²) in [6, 6.07) is 5.92. The Kier molecular flexibility index (Phi) is 5.78. The fraction of sp³-hybridized carbons (Fsp3) is 0.556. The topological polar surface area (TPSA) is 29.3 Å². The summed E-state index contributed by atoms with van der Waals surface area (Å²) in [5.74, 6) is 6.15. The summed E-state index contributed by atoms with van der Waals surface area (Å²) in [7, 11) is 0. The van der Waals surface area contributed by atoms with Crippen molar-refractivity contribution in [1.82, 2.24) is 4.90 Å². The minimum Gasteiger partial charge on any atom is -0.320 e. The van der Waals surface area contributed by atoms with E-state index >= 15 is 0 Å². The van der Waals surface area contributed by atoms with Gasteiger partial charge in [-0.3, -0.25) is 4.90 Å². The molecule has 0 amide bonds. The Balaban J connectivity index is 2.02. The van der Waals surface area contributed by atoms with Crippen molar-refractivity contribution in [2.75, 3.05) is 13.1 Å². The fourth-order valence-corrected chi connectivity index (χ4v) is 2.38. The molecule has 1 aromatic rings. The number of hydrogen-bond acceptors (Lipinski definition) is 2. The minimum atomic E-state index is -0.158. The van der Waals surface area contributed by atoms with Gasteiger partial charge in [0.2, 0.25) is 0 Å². The van der Waals surface area contributed by atoms with E-state index in [2.05, 4.69) is 30.6 Å². The monoisotopic (exact) mass is 288 g/mol. The maximum absolute atomic E-state index is 14.2. The number of nitrogens with two attached hydrogens (primary N) is 1. The second-order valence-electron chi connectivity index (χ2n) is 6.20. The van der Waals surface area contributed by atoms with Crippen LogP contribution >= 0.6 is 0 Å². The molecule has 3 heteroatoms. The van der Waals surface area contributed by atoms with Crippen LogP contribution in [-0.2, 0) is 6.54 Å². The average molecular weight is 288 g/mol. The zero-order valence-electron chi connectivity index (χ0n) is 13.0. The molecule has 0 bridgehead atoms. The molecule has 0 spiro atoms. The smallest absolute Gasteiger partial charge is 0.128 e. The zero-order valence-corrected chi connectivity index (χ0v) is 13.0. The lowest BCUT2D eigenvalue weighted by Gasteiger charge is -2.23. The Hall–Kier alpha value is -1.37. The lowest BCUT2D eigenvalue weighted by molar-refractivity contribution is 0.236. The third-order valence-corrected chi connectivity index (χ3v) is 3.82. The standard InChI is InChI=1S/C18H25FN2/c1-14(2)9-11-21(17-7-8-17)13-16-6-5-15(4-3-10-20)12-18(16)19/h5-6,12,14,17H,7-11,13,20H2,1-2H3. The second-order valence-corrected chi connectivity index (χ2v) is 6.20. The van der Waals surface area contributed by atoms with Gasteiger partial charge in [-0.15, -0.1) is 0 Å².